The Hall–Kier alpha value is -3.54. The fourth-order valence-corrected chi connectivity index (χ4v) is 4.85. The molecule has 0 amide bonds. The number of hydrogen-bond donors (Lipinski definition) is 3. The zero-order valence-corrected chi connectivity index (χ0v) is 18.1. The van der Waals surface area contributed by atoms with Crippen LogP contribution in [0.3, 0.4) is 0 Å². The van der Waals surface area contributed by atoms with E-state index in [2.05, 4.69) is 37.7 Å². The van der Waals surface area contributed by atoms with Gasteiger partial charge in [0.15, 0.2) is 5.13 Å². The molecule has 3 N–H and O–H groups in total. The van der Waals surface area contributed by atoms with Crippen molar-refractivity contribution in [3.05, 3.63) is 60.4 Å². The summed E-state index contributed by atoms with van der Waals surface area (Å²) in [5.74, 6) is 1.56. The maximum Gasteiger partial charge on any atom is 0.189 e. The molecule has 0 spiro atoms. The second-order valence-corrected chi connectivity index (χ2v) is 8.99. The number of fused-ring (bicyclic) bond motifs is 1. The number of aromatic nitrogens is 3. The van der Waals surface area contributed by atoms with Crippen molar-refractivity contribution in [2.24, 2.45) is 0 Å². The van der Waals surface area contributed by atoms with Gasteiger partial charge < -0.3 is 15.7 Å². The highest BCUT2D eigenvalue weighted by molar-refractivity contribution is 7.22. The fourth-order valence-electron chi connectivity index (χ4n) is 3.94. The molecule has 1 fully saturated rings. The van der Waals surface area contributed by atoms with Crippen LogP contribution in [0.1, 0.15) is 31.2 Å². The maximum absolute atomic E-state index is 9.69. The summed E-state index contributed by atoms with van der Waals surface area (Å²) in [6, 6.07) is 16.2. The van der Waals surface area contributed by atoms with Crippen molar-refractivity contribution >= 4 is 38.3 Å². The van der Waals surface area contributed by atoms with E-state index >= 15 is 0 Å². The lowest BCUT2D eigenvalue weighted by atomic mass is 9.93. The molecule has 1 saturated carbocycles. The van der Waals surface area contributed by atoms with Crippen LogP contribution in [0.25, 0.3) is 21.3 Å². The van der Waals surface area contributed by atoms with Gasteiger partial charge >= 0.3 is 0 Å². The summed E-state index contributed by atoms with van der Waals surface area (Å²) >= 11 is 1.56. The standard InChI is InChI=1S/C24H22N6OS/c25-12-15-10-17(14-26-13-15)16-4-9-20-21(11-16)32-24(28-20)30-23-3-1-2-22(29-23)27-18-5-7-19(31)8-6-18/h1-4,9-11,13-14,18-19,31H,5-8H2,(H2,27,28,29,30)/t18-,19-. The van der Waals surface area contributed by atoms with Gasteiger partial charge in [0.05, 0.1) is 21.9 Å². The van der Waals surface area contributed by atoms with Crippen LogP contribution in [0.5, 0.6) is 0 Å². The van der Waals surface area contributed by atoms with Crippen LogP contribution in [0.4, 0.5) is 16.8 Å². The first-order valence-electron chi connectivity index (χ1n) is 10.6. The third-order valence-corrected chi connectivity index (χ3v) is 6.56. The summed E-state index contributed by atoms with van der Waals surface area (Å²) in [4.78, 5) is 13.5. The van der Waals surface area contributed by atoms with Crippen LogP contribution in [0.2, 0.25) is 0 Å². The average molecular weight is 443 g/mol. The highest BCUT2D eigenvalue weighted by Crippen LogP contribution is 2.32. The molecular weight excluding hydrogens is 420 g/mol. The smallest absolute Gasteiger partial charge is 0.189 e. The maximum atomic E-state index is 9.69. The number of nitrogens with one attached hydrogen (secondary N) is 2. The van der Waals surface area contributed by atoms with Gasteiger partial charge in [0.1, 0.15) is 17.7 Å². The van der Waals surface area contributed by atoms with Crippen molar-refractivity contribution in [1.29, 1.82) is 5.26 Å². The number of rotatable bonds is 5. The Labute approximate surface area is 189 Å². The Bertz CT molecular complexity index is 1290. The molecule has 7 nitrogen and oxygen atoms in total. The van der Waals surface area contributed by atoms with Crippen LogP contribution in [-0.2, 0) is 0 Å². The normalized spacial score (nSPS) is 18.2. The van der Waals surface area contributed by atoms with Crippen molar-refractivity contribution in [2.45, 2.75) is 37.8 Å². The van der Waals surface area contributed by atoms with E-state index in [-0.39, 0.29) is 6.10 Å². The van der Waals surface area contributed by atoms with Gasteiger partial charge in [-0.05, 0) is 61.6 Å². The number of aliphatic hydroxyl groups is 1. The minimum absolute atomic E-state index is 0.167. The minimum Gasteiger partial charge on any atom is -0.393 e. The van der Waals surface area contributed by atoms with Crippen LogP contribution in [0.15, 0.2) is 54.9 Å². The molecule has 5 rings (SSSR count). The lowest BCUT2D eigenvalue weighted by Crippen LogP contribution is -2.28. The molecule has 8 heteroatoms. The first kappa shape index (κ1) is 20.4. The highest BCUT2D eigenvalue weighted by atomic mass is 32.1. The lowest BCUT2D eigenvalue weighted by molar-refractivity contribution is 0.126. The minimum atomic E-state index is -0.167. The van der Waals surface area contributed by atoms with Crippen molar-refractivity contribution in [1.82, 2.24) is 15.0 Å². The molecule has 3 heterocycles. The second kappa shape index (κ2) is 8.91. The quantitative estimate of drug-likeness (QED) is 0.395. The highest BCUT2D eigenvalue weighted by Gasteiger charge is 2.19. The molecule has 1 aliphatic rings. The Kier molecular flexibility index (Phi) is 5.67. The van der Waals surface area contributed by atoms with E-state index in [0.29, 0.717) is 11.6 Å². The van der Waals surface area contributed by atoms with Crippen LogP contribution in [0, 0.1) is 11.3 Å². The van der Waals surface area contributed by atoms with Crippen LogP contribution in [-0.4, -0.2) is 32.2 Å². The van der Waals surface area contributed by atoms with Gasteiger partial charge in [-0.1, -0.05) is 23.5 Å². The van der Waals surface area contributed by atoms with Gasteiger partial charge in [0, 0.05) is 24.0 Å². The molecule has 0 aliphatic heterocycles. The first-order chi connectivity index (χ1) is 15.7. The summed E-state index contributed by atoms with van der Waals surface area (Å²) in [6.45, 7) is 0. The van der Waals surface area contributed by atoms with E-state index in [1.807, 2.05) is 36.4 Å². The molecule has 0 atom stereocenters. The number of nitrogens with zero attached hydrogens (tertiary/aromatic N) is 4. The Balaban J connectivity index is 1.33. The van der Waals surface area contributed by atoms with Gasteiger partial charge in [-0.3, -0.25) is 4.98 Å². The van der Waals surface area contributed by atoms with E-state index in [0.717, 1.165) is 63.8 Å². The third kappa shape index (κ3) is 4.54. The van der Waals surface area contributed by atoms with Crippen molar-refractivity contribution < 1.29 is 5.11 Å². The molecule has 0 saturated heterocycles. The lowest BCUT2D eigenvalue weighted by Gasteiger charge is -2.26. The third-order valence-electron chi connectivity index (χ3n) is 5.62. The van der Waals surface area contributed by atoms with E-state index in [4.69, 9.17) is 5.26 Å². The number of pyridine rings is 2. The number of thiazole rings is 1. The van der Waals surface area contributed by atoms with Gasteiger partial charge in [-0.15, -0.1) is 0 Å². The largest absolute Gasteiger partial charge is 0.393 e. The first-order valence-corrected chi connectivity index (χ1v) is 11.4. The topological polar surface area (TPSA) is 107 Å². The van der Waals surface area contributed by atoms with Crippen molar-refractivity contribution in [2.75, 3.05) is 10.6 Å². The number of nitriles is 1. The summed E-state index contributed by atoms with van der Waals surface area (Å²) in [5.41, 5.74) is 3.35. The zero-order valence-electron chi connectivity index (χ0n) is 17.3. The molecule has 32 heavy (non-hydrogen) atoms. The predicted octanol–water partition coefficient (Wildman–Crippen LogP) is 5.08. The summed E-state index contributed by atoms with van der Waals surface area (Å²) in [7, 11) is 0. The summed E-state index contributed by atoms with van der Waals surface area (Å²) in [5, 5.41) is 26.4. The van der Waals surface area contributed by atoms with Crippen molar-refractivity contribution in [3.63, 3.8) is 0 Å². The number of aliphatic hydroxyl groups excluding tert-OH is 1. The second-order valence-electron chi connectivity index (χ2n) is 7.96. The molecule has 0 unspecified atom stereocenters. The predicted molar refractivity (Wildman–Crippen MR) is 127 cm³/mol. The van der Waals surface area contributed by atoms with Gasteiger partial charge in [-0.2, -0.15) is 5.26 Å². The van der Waals surface area contributed by atoms with Gasteiger partial charge in [-0.25, -0.2) is 9.97 Å². The zero-order chi connectivity index (χ0) is 21.9. The Morgan fingerprint density at radius 1 is 0.969 bits per heavy atom. The molecule has 3 aromatic heterocycles. The monoisotopic (exact) mass is 442 g/mol. The molecule has 1 aromatic carbocycles. The number of hydrogen-bond acceptors (Lipinski definition) is 8. The van der Waals surface area contributed by atoms with Crippen molar-refractivity contribution in [3.8, 4) is 17.2 Å². The molecule has 160 valence electrons. The molecule has 0 bridgehead atoms. The average Bonchev–Trinajstić information content (AvgIpc) is 3.22. The van der Waals surface area contributed by atoms with Gasteiger partial charge in [0.2, 0.25) is 0 Å². The fraction of sp³-hybridized carbons (Fsp3) is 0.250. The molecule has 0 radical (unpaired) electrons. The Morgan fingerprint density at radius 2 is 1.81 bits per heavy atom. The van der Waals surface area contributed by atoms with Gasteiger partial charge in [0.25, 0.3) is 0 Å². The van der Waals surface area contributed by atoms with Crippen LogP contribution < -0.4 is 10.6 Å². The number of anilines is 3. The van der Waals surface area contributed by atoms with E-state index in [9.17, 15) is 5.11 Å². The van der Waals surface area contributed by atoms with E-state index < -0.39 is 0 Å². The molecule has 4 aromatic rings. The van der Waals surface area contributed by atoms with Crippen LogP contribution >= 0.6 is 11.3 Å². The summed E-state index contributed by atoms with van der Waals surface area (Å²) < 4.78 is 1.04. The molecule has 1 aliphatic carbocycles. The Morgan fingerprint density at radius 3 is 2.66 bits per heavy atom. The number of benzene rings is 1. The molecular formula is C24H22N6OS. The SMILES string of the molecule is N#Cc1cncc(-c2ccc3nc(Nc4cccc(N[C@H]5CC[C@H](O)CC5)n4)sc3c2)c1. The van der Waals surface area contributed by atoms with E-state index in [1.54, 1.807) is 23.7 Å². The summed E-state index contributed by atoms with van der Waals surface area (Å²) in [6.07, 6.45) is 6.73. The van der Waals surface area contributed by atoms with E-state index in [1.165, 1.54) is 0 Å².